The van der Waals surface area contributed by atoms with Gasteiger partial charge in [-0.25, -0.2) is 0 Å². The van der Waals surface area contributed by atoms with Gasteiger partial charge in [0, 0.05) is 45.8 Å². The summed E-state index contributed by atoms with van der Waals surface area (Å²) < 4.78 is 0. The molecular weight excluding hydrogens is 150 g/mol. The van der Waals surface area contributed by atoms with Crippen molar-refractivity contribution < 1.29 is 0 Å². The molecule has 1 fully saturated rings. The molecule has 0 aromatic rings. The van der Waals surface area contributed by atoms with E-state index in [0.717, 1.165) is 45.8 Å². The van der Waals surface area contributed by atoms with Crippen LogP contribution in [0.1, 0.15) is 0 Å². The van der Waals surface area contributed by atoms with Gasteiger partial charge in [-0.3, -0.25) is 4.90 Å². The van der Waals surface area contributed by atoms with Crippen LogP contribution in [0, 0.1) is 0 Å². The fourth-order valence-corrected chi connectivity index (χ4v) is 1.38. The first-order chi connectivity index (χ1) is 5.93. The zero-order valence-corrected chi connectivity index (χ0v) is 7.68. The van der Waals surface area contributed by atoms with Gasteiger partial charge in [0.25, 0.3) is 0 Å². The van der Waals surface area contributed by atoms with E-state index in [1.807, 2.05) is 6.08 Å². The standard InChI is InChI=1S/C9H19N3/c1-2-7-12-8-5-10-3-4-11-6-9-12/h2,10-11H,1,3-9H2. The molecule has 0 radical (unpaired) electrons. The van der Waals surface area contributed by atoms with Crippen LogP contribution >= 0.6 is 0 Å². The number of hydrogen-bond acceptors (Lipinski definition) is 3. The van der Waals surface area contributed by atoms with Crippen LogP contribution in [-0.2, 0) is 0 Å². The van der Waals surface area contributed by atoms with Crippen molar-refractivity contribution in [3.63, 3.8) is 0 Å². The van der Waals surface area contributed by atoms with E-state index < -0.39 is 0 Å². The topological polar surface area (TPSA) is 27.3 Å². The van der Waals surface area contributed by atoms with E-state index in [4.69, 9.17) is 0 Å². The molecule has 0 spiro atoms. The quantitative estimate of drug-likeness (QED) is 0.554. The van der Waals surface area contributed by atoms with E-state index in [1.165, 1.54) is 0 Å². The Labute approximate surface area is 74.8 Å². The van der Waals surface area contributed by atoms with Crippen molar-refractivity contribution in [3.05, 3.63) is 12.7 Å². The van der Waals surface area contributed by atoms with Gasteiger partial charge in [0.05, 0.1) is 0 Å². The second kappa shape index (κ2) is 6.17. The van der Waals surface area contributed by atoms with E-state index >= 15 is 0 Å². The maximum atomic E-state index is 3.75. The highest BCUT2D eigenvalue weighted by molar-refractivity contribution is 4.75. The highest BCUT2D eigenvalue weighted by atomic mass is 15.2. The van der Waals surface area contributed by atoms with Gasteiger partial charge in [-0.1, -0.05) is 6.08 Å². The zero-order valence-electron chi connectivity index (χ0n) is 7.68. The monoisotopic (exact) mass is 169 g/mol. The zero-order chi connectivity index (χ0) is 8.65. The summed E-state index contributed by atoms with van der Waals surface area (Å²) in [7, 11) is 0. The fraction of sp³-hybridized carbons (Fsp3) is 0.778. The minimum atomic E-state index is 1.00. The summed E-state index contributed by atoms with van der Waals surface area (Å²) in [4.78, 5) is 2.40. The van der Waals surface area contributed by atoms with Crippen LogP contribution in [0.2, 0.25) is 0 Å². The average Bonchev–Trinajstić information content (AvgIpc) is 2.19. The molecular formula is C9H19N3. The van der Waals surface area contributed by atoms with Crippen LogP contribution in [-0.4, -0.2) is 50.7 Å². The summed E-state index contributed by atoms with van der Waals surface area (Å²) in [5, 5.41) is 6.75. The Morgan fingerprint density at radius 2 is 1.67 bits per heavy atom. The molecule has 1 saturated heterocycles. The van der Waals surface area contributed by atoms with Crippen LogP contribution < -0.4 is 10.6 Å². The van der Waals surface area contributed by atoms with Crippen molar-refractivity contribution in [1.29, 1.82) is 0 Å². The molecule has 1 heterocycles. The SMILES string of the molecule is C=CCN1CCNCCNCC1. The van der Waals surface area contributed by atoms with Crippen molar-refractivity contribution in [2.45, 2.75) is 0 Å². The maximum absolute atomic E-state index is 3.75. The lowest BCUT2D eigenvalue weighted by atomic mass is 10.4. The Bertz CT molecular complexity index is 115. The summed E-state index contributed by atoms with van der Waals surface area (Å²) in [5.41, 5.74) is 0. The lowest BCUT2D eigenvalue weighted by Crippen LogP contribution is -2.33. The molecule has 0 saturated carbocycles. The fourth-order valence-electron chi connectivity index (χ4n) is 1.38. The predicted octanol–water partition coefficient (Wildman–Crippen LogP) is -0.333. The summed E-state index contributed by atoms with van der Waals surface area (Å²) in [6.45, 7) is 11.4. The van der Waals surface area contributed by atoms with Crippen molar-refractivity contribution in [3.8, 4) is 0 Å². The highest BCUT2D eigenvalue weighted by Crippen LogP contribution is 1.87. The Kier molecular flexibility index (Phi) is 4.99. The molecule has 3 nitrogen and oxygen atoms in total. The first-order valence-corrected chi connectivity index (χ1v) is 4.68. The Morgan fingerprint density at radius 1 is 1.08 bits per heavy atom. The molecule has 12 heavy (non-hydrogen) atoms. The van der Waals surface area contributed by atoms with E-state index in [1.54, 1.807) is 0 Å². The van der Waals surface area contributed by atoms with Gasteiger partial charge in [-0.05, 0) is 0 Å². The van der Waals surface area contributed by atoms with Crippen LogP contribution in [0.5, 0.6) is 0 Å². The summed E-state index contributed by atoms with van der Waals surface area (Å²) in [5.74, 6) is 0. The van der Waals surface area contributed by atoms with Gasteiger partial charge in [0.15, 0.2) is 0 Å². The lowest BCUT2D eigenvalue weighted by Gasteiger charge is -2.18. The average molecular weight is 169 g/mol. The molecule has 1 aliphatic rings. The molecule has 0 aromatic heterocycles. The molecule has 0 unspecified atom stereocenters. The van der Waals surface area contributed by atoms with Crippen molar-refractivity contribution >= 4 is 0 Å². The van der Waals surface area contributed by atoms with Gasteiger partial charge >= 0.3 is 0 Å². The third kappa shape index (κ3) is 3.85. The Morgan fingerprint density at radius 3 is 2.17 bits per heavy atom. The summed E-state index contributed by atoms with van der Waals surface area (Å²) in [6.07, 6.45) is 1.97. The normalized spacial score (nSPS) is 22.3. The molecule has 0 aliphatic carbocycles. The van der Waals surface area contributed by atoms with Gasteiger partial charge in [0.1, 0.15) is 0 Å². The molecule has 0 aromatic carbocycles. The Balaban J connectivity index is 2.23. The molecule has 2 N–H and O–H groups in total. The highest BCUT2D eigenvalue weighted by Gasteiger charge is 2.03. The van der Waals surface area contributed by atoms with Gasteiger partial charge < -0.3 is 10.6 Å². The number of nitrogens with one attached hydrogen (secondary N) is 2. The van der Waals surface area contributed by atoms with E-state index in [0.29, 0.717) is 0 Å². The Hall–Kier alpha value is -0.380. The number of nitrogens with zero attached hydrogens (tertiary/aromatic N) is 1. The molecule has 1 rings (SSSR count). The number of rotatable bonds is 2. The van der Waals surface area contributed by atoms with Crippen LogP contribution in [0.3, 0.4) is 0 Å². The largest absolute Gasteiger partial charge is 0.314 e. The van der Waals surface area contributed by atoms with Gasteiger partial charge in [0.2, 0.25) is 0 Å². The van der Waals surface area contributed by atoms with Crippen molar-refractivity contribution in [2.24, 2.45) is 0 Å². The van der Waals surface area contributed by atoms with Crippen molar-refractivity contribution in [2.75, 3.05) is 45.8 Å². The third-order valence-corrected chi connectivity index (χ3v) is 2.08. The molecule has 3 heteroatoms. The second-order valence-electron chi connectivity index (χ2n) is 3.09. The summed E-state index contributed by atoms with van der Waals surface area (Å²) >= 11 is 0. The number of hydrogen-bond donors (Lipinski definition) is 2. The van der Waals surface area contributed by atoms with E-state index in [-0.39, 0.29) is 0 Å². The molecule has 0 atom stereocenters. The van der Waals surface area contributed by atoms with Crippen molar-refractivity contribution in [1.82, 2.24) is 15.5 Å². The predicted molar refractivity (Wildman–Crippen MR) is 52.4 cm³/mol. The molecule has 70 valence electrons. The molecule has 1 aliphatic heterocycles. The van der Waals surface area contributed by atoms with Crippen LogP contribution in [0.25, 0.3) is 0 Å². The van der Waals surface area contributed by atoms with Crippen LogP contribution in [0.15, 0.2) is 12.7 Å². The smallest absolute Gasteiger partial charge is 0.0161 e. The van der Waals surface area contributed by atoms with Gasteiger partial charge in [-0.15, -0.1) is 6.58 Å². The minimum Gasteiger partial charge on any atom is -0.314 e. The third-order valence-electron chi connectivity index (χ3n) is 2.08. The lowest BCUT2D eigenvalue weighted by molar-refractivity contribution is 0.310. The summed E-state index contributed by atoms with van der Waals surface area (Å²) in [6, 6.07) is 0. The second-order valence-corrected chi connectivity index (χ2v) is 3.09. The van der Waals surface area contributed by atoms with E-state index in [2.05, 4.69) is 22.1 Å². The van der Waals surface area contributed by atoms with Crippen LogP contribution in [0.4, 0.5) is 0 Å². The first-order valence-electron chi connectivity index (χ1n) is 4.68. The first kappa shape index (κ1) is 9.71. The van der Waals surface area contributed by atoms with E-state index in [9.17, 15) is 0 Å². The van der Waals surface area contributed by atoms with Gasteiger partial charge in [-0.2, -0.15) is 0 Å². The minimum absolute atomic E-state index is 1.00. The molecule has 0 amide bonds. The molecule has 0 bridgehead atoms. The maximum Gasteiger partial charge on any atom is 0.0161 e.